The highest BCUT2D eigenvalue weighted by Crippen LogP contribution is 2.23. The molecule has 0 saturated heterocycles. The molecule has 0 aliphatic rings. The lowest BCUT2D eigenvalue weighted by atomic mass is 10.1. The topological polar surface area (TPSA) is 142 Å². The van der Waals surface area contributed by atoms with E-state index in [0.29, 0.717) is 11.3 Å². The molecule has 1 amide bonds. The third-order valence-electron chi connectivity index (χ3n) is 3.37. The van der Waals surface area contributed by atoms with Crippen molar-refractivity contribution in [3.05, 3.63) is 73.8 Å². The average Bonchev–Trinajstić information content (AvgIpc) is 2.62. The largest absolute Gasteiger partial charge is 0.469 e. The van der Waals surface area contributed by atoms with E-state index in [4.69, 9.17) is 0 Å². The number of nitro groups is 2. The molecule has 0 aliphatic heterocycles. The van der Waals surface area contributed by atoms with Crippen molar-refractivity contribution in [3.8, 4) is 0 Å². The van der Waals surface area contributed by atoms with Crippen LogP contribution in [0.3, 0.4) is 0 Å². The maximum Gasteiger partial charge on any atom is 0.309 e. The maximum atomic E-state index is 12.2. The third-order valence-corrected chi connectivity index (χ3v) is 3.37. The van der Waals surface area contributed by atoms with Crippen LogP contribution in [-0.2, 0) is 16.0 Å². The summed E-state index contributed by atoms with van der Waals surface area (Å²) in [7, 11) is 1.27. The standard InChI is InChI=1S/C16H13N3O7/c1-26-15(20)6-10-2-4-12(5-3-10)17-16(21)11-7-13(18(22)23)9-14(8-11)19(24)25/h2-5,7-9H,6H2,1H3,(H,17,21). The molecule has 0 unspecified atom stereocenters. The Morgan fingerprint density at radius 1 is 1.00 bits per heavy atom. The molecule has 0 spiro atoms. The average molecular weight is 359 g/mol. The van der Waals surface area contributed by atoms with Crippen molar-refractivity contribution in [1.29, 1.82) is 0 Å². The number of carbonyl (C=O) groups excluding carboxylic acids is 2. The van der Waals surface area contributed by atoms with Crippen LogP contribution in [0, 0.1) is 20.2 Å². The Kier molecular flexibility index (Phi) is 5.58. The fourth-order valence-corrected chi connectivity index (χ4v) is 2.09. The van der Waals surface area contributed by atoms with Gasteiger partial charge < -0.3 is 10.1 Å². The van der Waals surface area contributed by atoms with Gasteiger partial charge in [-0.1, -0.05) is 12.1 Å². The minimum absolute atomic E-state index is 0.0712. The van der Waals surface area contributed by atoms with E-state index in [1.54, 1.807) is 12.1 Å². The molecule has 0 radical (unpaired) electrons. The summed E-state index contributed by atoms with van der Waals surface area (Å²) in [5.41, 5.74) is -0.307. The molecule has 26 heavy (non-hydrogen) atoms. The molecule has 0 bridgehead atoms. The van der Waals surface area contributed by atoms with Crippen LogP contribution in [0.25, 0.3) is 0 Å². The van der Waals surface area contributed by atoms with Gasteiger partial charge in [0.1, 0.15) is 0 Å². The van der Waals surface area contributed by atoms with E-state index in [1.165, 1.54) is 19.2 Å². The minimum atomic E-state index is -0.814. The Labute approximate surface area is 146 Å². The Hall–Kier alpha value is -3.82. The van der Waals surface area contributed by atoms with E-state index in [0.717, 1.165) is 18.2 Å². The Bertz CT molecular complexity index is 846. The van der Waals surface area contributed by atoms with Gasteiger partial charge in [0.2, 0.25) is 0 Å². The van der Waals surface area contributed by atoms with Gasteiger partial charge >= 0.3 is 5.97 Å². The molecular formula is C16H13N3O7. The van der Waals surface area contributed by atoms with Gasteiger partial charge in [-0.25, -0.2) is 0 Å². The van der Waals surface area contributed by atoms with Crippen molar-refractivity contribution in [2.45, 2.75) is 6.42 Å². The summed E-state index contributed by atoms with van der Waals surface area (Å²) < 4.78 is 4.55. The van der Waals surface area contributed by atoms with Crippen molar-refractivity contribution >= 4 is 28.9 Å². The van der Waals surface area contributed by atoms with Crippen LogP contribution < -0.4 is 5.32 Å². The Morgan fingerprint density at radius 2 is 1.54 bits per heavy atom. The van der Waals surface area contributed by atoms with Crippen molar-refractivity contribution < 1.29 is 24.2 Å². The molecule has 10 nitrogen and oxygen atoms in total. The number of benzene rings is 2. The molecule has 2 aromatic carbocycles. The summed E-state index contributed by atoms with van der Waals surface area (Å²) in [5.74, 6) is -1.15. The Morgan fingerprint density at radius 3 is 2.00 bits per heavy atom. The van der Waals surface area contributed by atoms with E-state index >= 15 is 0 Å². The van der Waals surface area contributed by atoms with Gasteiger partial charge in [0, 0.05) is 17.8 Å². The van der Waals surface area contributed by atoms with Crippen LogP contribution in [0.15, 0.2) is 42.5 Å². The fraction of sp³-hybridized carbons (Fsp3) is 0.125. The van der Waals surface area contributed by atoms with Crippen LogP contribution >= 0.6 is 0 Å². The molecule has 0 saturated carbocycles. The smallest absolute Gasteiger partial charge is 0.309 e. The van der Waals surface area contributed by atoms with Crippen LogP contribution in [0.1, 0.15) is 15.9 Å². The minimum Gasteiger partial charge on any atom is -0.469 e. The molecule has 0 heterocycles. The number of hydrogen-bond acceptors (Lipinski definition) is 7. The number of nitrogens with zero attached hydrogens (tertiary/aromatic N) is 2. The van der Waals surface area contributed by atoms with Crippen molar-refractivity contribution in [1.82, 2.24) is 0 Å². The molecule has 2 aromatic rings. The summed E-state index contributed by atoms with van der Waals surface area (Å²) in [4.78, 5) is 43.6. The van der Waals surface area contributed by atoms with Gasteiger partial charge in [-0.3, -0.25) is 29.8 Å². The van der Waals surface area contributed by atoms with E-state index in [2.05, 4.69) is 10.1 Å². The van der Waals surface area contributed by atoms with Gasteiger partial charge in [-0.15, -0.1) is 0 Å². The van der Waals surface area contributed by atoms with Gasteiger partial charge in [-0.05, 0) is 17.7 Å². The number of methoxy groups -OCH3 is 1. The van der Waals surface area contributed by atoms with Gasteiger partial charge in [0.05, 0.1) is 35.0 Å². The van der Waals surface area contributed by atoms with Crippen molar-refractivity contribution in [2.75, 3.05) is 12.4 Å². The lowest BCUT2D eigenvalue weighted by Crippen LogP contribution is -2.13. The Balaban J connectivity index is 2.20. The van der Waals surface area contributed by atoms with Gasteiger partial charge in [0.25, 0.3) is 17.3 Å². The molecule has 2 rings (SSSR count). The fourth-order valence-electron chi connectivity index (χ4n) is 2.09. The van der Waals surface area contributed by atoms with Crippen molar-refractivity contribution in [2.24, 2.45) is 0 Å². The lowest BCUT2D eigenvalue weighted by molar-refractivity contribution is -0.394. The van der Waals surface area contributed by atoms with Crippen LogP contribution in [0.4, 0.5) is 17.1 Å². The van der Waals surface area contributed by atoms with Crippen LogP contribution in [0.5, 0.6) is 0 Å². The van der Waals surface area contributed by atoms with Crippen LogP contribution in [0.2, 0.25) is 0 Å². The predicted octanol–water partition coefficient (Wildman–Crippen LogP) is 2.47. The number of amides is 1. The molecule has 0 fully saturated rings. The highest BCUT2D eigenvalue weighted by Gasteiger charge is 2.20. The molecule has 10 heteroatoms. The van der Waals surface area contributed by atoms with E-state index < -0.39 is 33.1 Å². The molecule has 0 aromatic heterocycles. The maximum absolute atomic E-state index is 12.2. The second-order valence-electron chi connectivity index (χ2n) is 5.16. The summed E-state index contributed by atoms with van der Waals surface area (Å²) >= 11 is 0. The van der Waals surface area contributed by atoms with Gasteiger partial charge in [0.15, 0.2) is 0 Å². The van der Waals surface area contributed by atoms with Crippen LogP contribution in [-0.4, -0.2) is 28.8 Å². The highest BCUT2D eigenvalue weighted by molar-refractivity contribution is 6.05. The predicted molar refractivity (Wildman–Crippen MR) is 89.9 cm³/mol. The van der Waals surface area contributed by atoms with Gasteiger partial charge in [-0.2, -0.15) is 0 Å². The summed E-state index contributed by atoms with van der Waals surface area (Å²) in [6, 6.07) is 8.94. The number of rotatable bonds is 6. The first-order chi connectivity index (χ1) is 12.3. The zero-order valence-electron chi connectivity index (χ0n) is 13.5. The first-order valence-corrected chi connectivity index (χ1v) is 7.21. The number of nitrogens with one attached hydrogen (secondary N) is 1. The normalized spacial score (nSPS) is 10.0. The summed E-state index contributed by atoms with van der Waals surface area (Å²) in [5, 5.41) is 24.2. The number of nitro benzene ring substituents is 2. The zero-order chi connectivity index (χ0) is 19.3. The van der Waals surface area contributed by atoms with E-state index in [1.807, 2.05) is 0 Å². The second kappa shape index (κ2) is 7.83. The number of esters is 1. The molecule has 134 valence electrons. The highest BCUT2D eigenvalue weighted by atomic mass is 16.6. The lowest BCUT2D eigenvalue weighted by Gasteiger charge is -2.07. The van der Waals surface area contributed by atoms with Crippen molar-refractivity contribution in [3.63, 3.8) is 0 Å². The number of ether oxygens (including phenoxy) is 1. The summed E-state index contributed by atoms with van der Waals surface area (Å²) in [6.07, 6.45) is 0.0712. The molecule has 0 atom stereocenters. The number of hydrogen-bond donors (Lipinski definition) is 1. The molecule has 1 N–H and O–H groups in total. The molecule has 0 aliphatic carbocycles. The summed E-state index contributed by atoms with van der Waals surface area (Å²) in [6.45, 7) is 0. The molecular weight excluding hydrogens is 346 g/mol. The van der Waals surface area contributed by atoms with E-state index in [-0.39, 0.29) is 12.0 Å². The number of non-ortho nitro benzene ring substituents is 2. The first-order valence-electron chi connectivity index (χ1n) is 7.21. The van der Waals surface area contributed by atoms with E-state index in [9.17, 15) is 29.8 Å². The number of carbonyl (C=O) groups is 2. The zero-order valence-corrected chi connectivity index (χ0v) is 13.5. The monoisotopic (exact) mass is 359 g/mol. The number of anilines is 1. The third kappa shape index (κ3) is 4.60. The first kappa shape index (κ1) is 18.5. The second-order valence-corrected chi connectivity index (χ2v) is 5.16. The quantitative estimate of drug-likeness (QED) is 0.474. The SMILES string of the molecule is COC(=O)Cc1ccc(NC(=O)c2cc([N+](=O)[O-])cc([N+](=O)[O-])c2)cc1.